The van der Waals surface area contributed by atoms with Crippen LogP contribution < -0.4 is 4.74 Å². The minimum absolute atomic E-state index is 0.000652. The number of benzene rings is 2. The number of rotatable bonds is 12. The fourth-order valence-corrected chi connectivity index (χ4v) is 5.61. The first-order valence-electron chi connectivity index (χ1n) is 13.2. The molecular weight excluding hydrogens is 474 g/mol. The zero-order valence-electron chi connectivity index (χ0n) is 21.4. The third-order valence-electron chi connectivity index (χ3n) is 7.65. The van der Waals surface area contributed by atoms with Crippen molar-refractivity contribution in [2.45, 2.75) is 51.1 Å². The zero-order valence-corrected chi connectivity index (χ0v) is 21.4. The van der Waals surface area contributed by atoms with E-state index in [2.05, 4.69) is 9.88 Å². The van der Waals surface area contributed by atoms with E-state index in [-0.39, 0.29) is 24.1 Å². The van der Waals surface area contributed by atoms with Gasteiger partial charge in [0.05, 0.1) is 12.6 Å². The first-order valence-corrected chi connectivity index (χ1v) is 13.2. The van der Waals surface area contributed by atoms with E-state index in [1.54, 1.807) is 25.4 Å². The molecule has 2 heterocycles. The third-order valence-corrected chi connectivity index (χ3v) is 7.65. The van der Waals surface area contributed by atoms with Crippen LogP contribution in [0.15, 0.2) is 54.7 Å². The molecule has 0 bridgehead atoms. The number of nitrogens with zero attached hydrogens (tertiary/aromatic N) is 2. The second kappa shape index (κ2) is 13.0. The van der Waals surface area contributed by atoms with E-state index >= 15 is 4.39 Å². The van der Waals surface area contributed by atoms with Crippen LogP contribution in [-0.4, -0.2) is 47.7 Å². The summed E-state index contributed by atoms with van der Waals surface area (Å²) in [6.07, 6.45) is 4.96. The Morgan fingerprint density at radius 3 is 2.81 bits per heavy atom. The lowest BCUT2D eigenvalue weighted by Crippen LogP contribution is -2.41. The van der Waals surface area contributed by atoms with Crippen molar-refractivity contribution in [2.24, 2.45) is 11.8 Å². The Kier molecular flexibility index (Phi) is 9.45. The van der Waals surface area contributed by atoms with Crippen molar-refractivity contribution >= 4 is 16.9 Å². The Morgan fingerprint density at radius 2 is 2.03 bits per heavy atom. The fourth-order valence-electron chi connectivity index (χ4n) is 5.61. The maximum Gasteiger partial charge on any atom is 0.303 e. The first-order chi connectivity index (χ1) is 17.9. The van der Waals surface area contributed by atoms with Gasteiger partial charge in [-0.3, -0.25) is 9.78 Å². The SMILES string of the molecule is COc1ccc2nccc([C@@H](F)CC[C@@H]3CCN(CCCCc4ccccc4F)C[C@@H]3CC(=O)O)c2c1. The van der Waals surface area contributed by atoms with Crippen LogP contribution in [0.4, 0.5) is 8.78 Å². The van der Waals surface area contributed by atoms with Crippen LogP contribution >= 0.6 is 0 Å². The number of unbranched alkanes of at least 4 members (excludes halogenated alkanes) is 1. The molecule has 2 aromatic carbocycles. The van der Waals surface area contributed by atoms with Crippen LogP contribution in [0.5, 0.6) is 5.75 Å². The summed E-state index contributed by atoms with van der Waals surface area (Å²) in [7, 11) is 1.59. The number of aliphatic carboxylic acids is 1. The second-order valence-electron chi connectivity index (χ2n) is 10.1. The van der Waals surface area contributed by atoms with Gasteiger partial charge in [-0.05, 0) is 105 Å². The van der Waals surface area contributed by atoms with Crippen LogP contribution in [0.25, 0.3) is 10.9 Å². The molecular formula is C30H36F2N2O3. The predicted molar refractivity (Wildman–Crippen MR) is 141 cm³/mol. The molecule has 1 saturated heterocycles. The number of ether oxygens (including phenoxy) is 1. The maximum absolute atomic E-state index is 15.5. The van der Waals surface area contributed by atoms with Gasteiger partial charge >= 0.3 is 5.97 Å². The molecule has 0 aliphatic carbocycles. The number of carbonyl (C=O) groups is 1. The maximum atomic E-state index is 15.5. The molecule has 37 heavy (non-hydrogen) atoms. The van der Waals surface area contributed by atoms with Gasteiger partial charge in [-0.25, -0.2) is 8.78 Å². The van der Waals surface area contributed by atoms with E-state index in [0.29, 0.717) is 37.1 Å². The highest BCUT2D eigenvalue weighted by molar-refractivity contribution is 5.83. The zero-order chi connectivity index (χ0) is 26.2. The molecule has 1 aliphatic heterocycles. The van der Waals surface area contributed by atoms with Gasteiger partial charge in [-0.2, -0.15) is 0 Å². The van der Waals surface area contributed by atoms with Gasteiger partial charge < -0.3 is 14.7 Å². The van der Waals surface area contributed by atoms with Crippen molar-refractivity contribution in [3.63, 3.8) is 0 Å². The molecule has 198 valence electrons. The Labute approximate surface area is 217 Å². The highest BCUT2D eigenvalue weighted by Gasteiger charge is 2.31. The number of fused-ring (bicyclic) bond motifs is 1. The Bertz CT molecular complexity index is 1190. The van der Waals surface area contributed by atoms with E-state index in [1.807, 2.05) is 30.3 Å². The second-order valence-corrected chi connectivity index (χ2v) is 10.1. The fraction of sp³-hybridized carbons (Fsp3) is 0.467. The summed E-state index contributed by atoms with van der Waals surface area (Å²) in [5, 5.41) is 10.3. The first kappa shape index (κ1) is 27.0. The number of halogens is 2. The molecule has 3 atom stereocenters. The molecule has 3 aromatic rings. The number of likely N-dealkylation sites (tertiary alicyclic amines) is 1. The number of aromatic nitrogens is 1. The topological polar surface area (TPSA) is 62.7 Å². The van der Waals surface area contributed by atoms with Crippen LogP contribution in [0.1, 0.15) is 55.8 Å². The molecule has 0 spiro atoms. The molecule has 0 radical (unpaired) electrons. The molecule has 1 aliphatic rings. The normalized spacial score (nSPS) is 19.1. The Balaban J connectivity index is 1.31. The number of alkyl halides is 1. The summed E-state index contributed by atoms with van der Waals surface area (Å²) >= 11 is 0. The van der Waals surface area contributed by atoms with Crippen LogP contribution in [0.2, 0.25) is 0 Å². The lowest BCUT2D eigenvalue weighted by atomic mass is 9.79. The number of aryl methyl sites for hydroxylation is 1. The molecule has 1 aromatic heterocycles. The van der Waals surface area contributed by atoms with Crippen LogP contribution in [-0.2, 0) is 11.2 Å². The number of methoxy groups -OCH3 is 1. The van der Waals surface area contributed by atoms with E-state index in [0.717, 1.165) is 48.8 Å². The van der Waals surface area contributed by atoms with E-state index in [4.69, 9.17) is 4.74 Å². The van der Waals surface area contributed by atoms with Gasteiger partial charge in [-0.15, -0.1) is 0 Å². The molecule has 7 heteroatoms. The minimum atomic E-state index is -1.15. The van der Waals surface area contributed by atoms with Gasteiger partial charge in [0.2, 0.25) is 0 Å². The largest absolute Gasteiger partial charge is 0.497 e. The number of pyridine rings is 1. The molecule has 1 fully saturated rings. The Morgan fingerprint density at radius 1 is 1.19 bits per heavy atom. The molecule has 5 nitrogen and oxygen atoms in total. The van der Waals surface area contributed by atoms with Crippen molar-refractivity contribution < 1.29 is 23.4 Å². The monoisotopic (exact) mass is 510 g/mol. The van der Waals surface area contributed by atoms with Crippen molar-refractivity contribution in [3.8, 4) is 5.75 Å². The minimum Gasteiger partial charge on any atom is -0.497 e. The standard InChI is InChI=1S/C30H36F2N2O3/c1-37-24-10-12-29-26(19-24)25(13-15-33-29)28(32)11-9-21-14-17-34(20-23(21)18-30(35)36)16-5-4-7-22-6-2-3-8-27(22)31/h2-3,6,8,10,12-13,15,19,21,23,28H,4-5,7,9,11,14,16-18,20H2,1H3,(H,35,36)/t21-,23+,28+/m1/s1. The molecule has 0 unspecified atom stereocenters. The lowest BCUT2D eigenvalue weighted by molar-refractivity contribution is -0.139. The van der Waals surface area contributed by atoms with Gasteiger partial charge in [0.25, 0.3) is 0 Å². The van der Waals surface area contributed by atoms with Crippen LogP contribution in [0, 0.1) is 17.7 Å². The smallest absolute Gasteiger partial charge is 0.303 e. The number of piperidine rings is 1. The molecule has 0 saturated carbocycles. The summed E-state index contributed by atoms with van der Waals surface area (Å²) < 4.78 is 34.6. The Hall–Kier alpha value is -3.06. The average Bonchev–Trinajstić information content (AvgIpc) is 2.90. The predicted octanol–water partition coefficient (Wildman–Crippen LogP) is 6.61. The summed E-state index contributed by atoms with van der Waals surface area (Å²) in [5.74, 6) is -0.127. The molecule has 0 amide bonds. The lowest BCUT2D eigenvalue weighted by Gasteiger charge is -2.38. The summed E-state index contributed by atoms with van der Waals surface area (Å²) in [4.78, 5) is 18.3. The van der Waals surface area contributed by atoms with Gasteiger partial charge in [0.15, 0.2) is 0 Å². The van der Waals surface area contributed by atoms with E-state index in [1.165, 1.54) is 6.07 Å². The number of carboxylic acids is 1. The third kappa shape index (κ3) is 7.25. The number of carboxylic acid groups (broad SMARTS) is 1. The van der Waals surface area contributed by atoms with Crippen molar-refractivity contribution in [1.82, 2.24) is 9.88 Å². The van der Waals surface area contributed by atoms with Gasteiger partial charge in [0.1, 0.15) is 17.7 Å². The summed E-state index contributed by atoms with van der Waals surface area (Å²) in [5.41, 5.74) is 2.07. The number of hydrogen-bond acceptors (Lipinski definition) is 4. The van der Waals surface area contributed by atoms with E-state index < -0.39 is 12.1 Å². The van der Waals surface area contributed by atoms with Crippen molar-refractivity contribution in [2.75, 3.05) is 26.7 Å². The molecule has 4 rings (SSSR count). The summed E-state index contributed by atoms with van der Waals surface area (Å²) in [6, 6.07) is 14.1. The summed E-state index contributed by atoms with van der Waals surface area (Å²) in [6.45, 7) is 2.46. The molecule has 1 N–H and O–H groups in total. The highest BCUT2D eigenvalue weighted by atomic mass is 19.1. The number of hydrogen-bond donors (Lipinski definition) is 1. The van der Waals surface area contributed by atoms with Crippen LogP contribution in [0.3, 0.4) is 0 Å². The van der Waals surface area contributed by atoms with E-state index in [9.17, 15) is 14.3 Å². The highest BCUT2D eigenvalue weighted by Crippen LogP contribution is 2.36. The average molecular weight is 511 g/mol. The van der Waals surface area contributed by atoms with Crippen molar-refractivity contribution in [3.05, 3.63) is 71.7 Å². The van der Waals surface area contributed by atoms with Gasteiger partial charge in [-0.1, -0.05) is 18.2 Å². The van der Waals surface area contributed by atoms with Crippen molar-refractivity contribution in [1.29, 1.82) is 0 Å². The van der Waals surface area contributed by atoms with Gasteiger partial charge in [0, 0.05) is 24.5 Å². The quantitative estimate of drug-likeness (QED) is 0.278.